The summed E-state index contributed by atoms with van der Waals surface area (Å²) in [6.45, 7) is 0.549. The predicted molar refractivity (Wildman–Crippen MR) is 67.0 cm³/mol. The van der Waals surface area contributed by atoms with E-state index >= 15 is 0 Å². The molecule has 0 radical (unpaired) electrons. The van der Waals surface area contributed by atoms with Crippen molar-refractivity contribution in [3.63, 3.8) is 0 Å². The summed E-state index contributed by atoms with van der Waals surface area (Å²) in [6, 6.07) is 13.7. The summed E-state index contributed by atoms with van der Waals surface area (Å²) in [6.07, 6.45) is 2.54. The summed E-state index contributed by atoms with van der Waals surface area (Å²) in [7, 11) is 0. The number of hydrogen-bond donors (Lipinski definition) is 0. The van der Waals surface area contributed by atoms with Crippen LogP contribution >= 0.6 is 0 Å². The van der Waals surface area contributed by atoms with Gasteiger partial charge in [-0.3, -0.25) is 4.98 Å². The van der Waals surface area contributed by atoms with Gasteiger partial charge in [-0.25, -0.2) is 4.99 Å². The van der Waals surface area contributed by atoms with Gasteiger partial charge in [0.15, 0.2) is 0 Å². The van der Waals surface area contributed by atoms with Crippen molar-refractivity contribution in [1.29, 1.82) is 0 Å². The van der Waals surface area contributed by atoms with Crippen molar-refractivity contribution in [2.24, 2.45) is 4.99 Å². The van der Waals surface area contributed by atoms with Gasteiger partial charge < -0.3 is 4.74 Å². The molecule has 3 rings (SSSR count). The zero-order chi connectivity index (χ0) is 11.5. The van der Waals surface area contributed by atoms with E-state index in [-0.39, 0.29) is 0 Å². The normalized spacial score (nSPS) is 13.5. The van der Waals surface area contributed by atoms with Crippen LogP contribution in [0, 0.1) is 0 Å². The van der Waals surface area contributed by atoms with Crippen LogP contribution in [0.5, 0.6) is 5.75 Å². The highest BCUT2D eigenvalue weighted by molar-refractivity contribution is 5.91. The van der Waals surface area contributed by atoms with E-state index in [1.54, 1.807) is 6.20 Å². The van der Waals surface area contributed by atoms with Gasteiger partial charge in [0.25, 0.3) is 0 Å². The molecule has 0 unspecified atom stereocenters. The standard InChI is InChI=1S/C14H12N2O/c1-2-7-14-13(6-1)16-12(10-17-14)9-11-5-3-4-8-15-11/h1-8H,9-10H2. The third-order valence-electron chi connectivity index (χ3n) is 2.65. The lowest BCUT2D eigenvalue weighted by Crippen LogP contribution is -2.17. The van der Waals surface area contributed by atoms with E-state index in [1.165, 1.54) is 0 Å². The van der Waals surface area contributed by atoms with E-state index in [0.717, 1.165) is 29.3 Å². The fourth-order valence-electron chi connectivity index (χ4n) is 1.84. The van der Waals surface area contributed by atoms with Gasteiger partial charge in [-0.15, -0.1) is 0 Å². The Morgan fingerprint density at radius 2 is 1.94 bits per heavy atom. The predicted octanol–water partition coefficient (Wildman–Crippen LogP) is 2.79. The van der Waals surface area contributed by atoms with Gasteiger partial charge in [0, 0.05) is 18.3 Å². The highest BCUT2D eigenvalue weighted by Crippen LogP contribution is 2.30. The molecule has 0 aliphatic carbocycles. The molecule has 0 bridgehead atoms. The van der Waals surface area contributed by atoms with E-state index in [2.05, 4.69) is 9.98 Å². The minimum absolute atomic E-state index is 0.549. The Bertz CT molecular complexity index is 549. The van der Waals surface area contributed by atoms with Crippen LogP contribution in [0.25, 0.3) is 0 Å². The topological polar surface area (TPSA) is 34.5 Å². The smallest absolute Gasteiger partial charge is 0.145 e. The van der Waals surface area contributed by atoms with Crippen LogP contribution in [-0.4, -0.2) is 17.3 Å². The van der Waals surface area contributed by atoms with Crippen LogP contribution in [0.4, 0.5) is 5.69 Å². The molecule has 84 valence electrons. The molecule has 0 fully saturated rings. The number of para-hydroxylation sites is 2. The fraction of sp³-hybridized carbons (Fsp3) is 0.143. The molecule has 1 aromatic carbocycles. The largest absolute Gasteiger partial charge is 0.485 e. The maximum Gasteiger partial charge on any atom is 0.145 e. The van der Waals surface area contributed by atoms with Gasteiger partial charge in [0.05, 0.1) is 5.71 Å². The van der Waals surface area contributed by atoms with E-state index in [9.17, 15) is 0 Å². The highest BCUT2D eigenvalue weighted by Gasteiger charge is 2.12. The second-order valence-electron chi connectivity index (χ2n) is 3.93. The van der Waals surface area contributed by atoms with Crippen molar-refractivity contribution in [1.82, 2.24) is 4.98 Å². The maximum absolute atomic E-state index is 5.65. The number of pyridine rings is 1. The SMILES string of the molecule is c1ccc(CC2=Nc3ccccc3OC2)nc1. The number of nitrogens with zero attached hydrogens (tertiary/aromatic N) is 2. The number of aromatic nitrogens is 1. The average molecular weight is 224 g/mol. The van der Waals surface area contributed by atoms with Crippen LogP contribution in [0.3, 0.4) is 0 Å². The molecule has 0 N–H and O–H groups in total. The molecular formula is C14H12N2O. The molecule has 1 aliphatic heterocycles. The summed E-state index contributed by atoms with van der Waals surface area (Å²) in [5.74, 6) is 0.859. The lowest BCUT2D eigenvalue weighted by atomic mass is 10.1. The van der Waals surface area contributed by atoms with Crippen LogP contribution in [0.15, 0.2) is 53.7 Å². The molecule has 0 atom stereocenters. The van der Waals surface area contributed by atoms with Crippen molar-refractivity contribution in [3.8, 4) is 5.75 Å². The Balaban J connectivity index is 1.85. The molecular weight excluding hydrogens is 212 g/mol. The zero-order valence-electron chi connectivity index (χ0n) is 9.34. The van der Waals surface area contributed by atoms with Gasteiger partial charge in [-0.2, -0.15) is 0 Å². The second kappa shape index (κ2) is 4.37. The summed E-state index contributed by atoms with van der Waals surface area (Å²) < 4.78 is 5.65. The van der Waals surface area contributed by atoms with E-state index in [1.807, 2.05) is 42.5 Å². The van der Waals surface area contributed by atoms with Gasteiger partial charge >= 0.3 is 0 Å². The molecule has 1 aliphatic rings. The van der Waals surface area contributed by atoms with E-state index in [0.29, 0.717) is 6.61 Å². The summed E-state index contributed by atoms with van der Waals surface area (Å²) in [4.78, 5) is 8.88. The number of aliphatic imine (C=N–C) groups is 1. The van der Waals surface area contributed by atoms with Gasteiger partial charge in [0.2, 0.25) is 0 Å². The van der Waals surface area contributed by atoms with Crippen molar-refractivity contribution >= 4 is 11.4 Å². The second-order valence-corrected chi connectivity index (χ2v) is 3.93. The molecule has 0 saturated heterocycles. The number of ether oxygens (including phenoxy) is 1. The number of rotatable bonds is 2. The average Bonchev–Trinajstić information content (AvgIpc) is 2.40. The molecule has 1 aromatic heterocycles. The van der Waals surface area contributed by atoms with Gasteiger partial charge in [-0.1, -0.05) is 18.2 Å². The van der Waals surface area contributed by atoms with Gasteiger partial charge in [0.1, 0.15) is 18.0 Å². The van der Waals surface area contributed by atoms with Crippen molar-refractivity contribution in [2.45, 2.75) is 6.42 Å². The maximum atomic E-state index is 5.65. The molecule has 0 saturated carbocycles. The molecule has 0 spiro atoms. The molecule has 3 nitrogen and oxygen atoms in total. The Labute approximate surface area is 99.8 Å². The quantitative estimate of drug-likeness (QED) is 0.786. The molecule has 2 aromatic rings. The van der Waals surface area contributed by atoms with Crippen LogP contribution < -0.4 is 4.74 Å². The van der Waals surface area contributed by atoms with Gasteiger partial charge in [-0.05, 0) is 24.3 Å². The summed E-state index contributed by atoms with van der Waals surface area (Å²) in [5.41, 5.74) is 2.95. The van der Waals surface area contributed by atoms with Crippen molar-refractivity contribution in [3.05, 3.63) is 54.4 Å². The van der Waals surface area contributed by atoms with E-state index in [4.69, 9.17) is 4.74 Å². The summed E-state index contributed by atoms with van der Waals surface area (Å²) >= 11 is 0. The minimum Gasteiger partial charge on any atom is -0.485 e. The molecule has 0 amide bonds. The molecule has 3 heteroatoms. The Morgan fingerprint density at radius 3 is 2.82 bits per heavy atom. The third kappa shape index (κ3) is 2.18. The Kier molecular flexibility index (Phi) is 2.58. The lowest BCUT2D eigenvalue weighted by molar-refractivity contribution is 0.370. The Morgan fingerprint density at radius 1 is 1.06 bits per heavy atom. The van der Waals surface area contributed by atoms with Crippen molar-refractivity contribution < 1.29 is 4.74 Å². The monoisotopic (exact) mass is 224 g/mol. The third-order valence-corrected chi connectivity index (χ3v) is 2.65. The highest BCUT2D eigenvalue weighted by atomic mass is 16.5. The minimum atomic E-state index is 0.549. The first-order chi connectivity index (χ1) is 8.42. The molecule has 2 heterocycles. The van der Waals surface area contributed by atoms with Crippen LogP contribution in [0.2, 0.25) is 0 Å². The first-order valence-corrected chi connectivity index (χ1v) is 5.60. The number of fused-ring (bicyclic) bond motifs is 1. The lowest BCUT2D eigenvalue weighted by Gasteiger charge is -2.16. The molecule has 17 heavy (non-hydrogen) atoms. The zero-order valence-corrected chi connectivity index (χ0v) is 9.34. The summed E-state index contributed by atoms with van der Waals surface area (Å²) in [5, 5.41) is 0. The van der Waals surface area contributed by atoms with Crippen LogP contribution in [-0.2, 0) is 6.42 Å². The van der Waals surface area contributed by atoms with E-state index < -0.39 is 0 Å². The van der Waals surface area contributed by atoms with Crippen LogP contribution in [0.1, 0.15) is 5.69 Å². The van der Waals surface area contributed by atoms with Crippen molar-refractivity contribution in [2.75, 3.05) is 6.61 Å². The Hall–Kier alpha value is -2.16. The number of benzene rings is 1. The first kappa shape index (κ1) is 10.0. The first-order valence-electron chi connectivity index (χ1n) is 5.60. The number of hydrogen-bond acceptors (Lipinski definition) is 3. The fourth-order valence-corrected chi connectivity index (χ4v) is 1.84.